The molecule has 0 spiro atoms. The maximum absolute atomic E-state index is 12.1. The zero-order valence-corrected chi connectivity index (χ0v) is 23.9. The van der Waals surface area contributed by atoms with Crippen LogP contribution in [0.1, 0.15) is 25.7 Å². The zero-order chi connectivity index (χ0) is 33.7. The predicted molar refractivity (Wildman–Crippen MR) is 147 cm³/mol. The molecule has 20 nitrogen and oxygen atoms in total. The van der Waals surface area contributed by atoms with E-state index in [1.54, 1.807) is 0 Å². The molecular weight excluding hydrogens is 592 g/mol. The highest BCUT2D eigenvalue weighted by Gasteiger charge is 2.38. The van der Waals surface area contributed by atoms with Crippen LogP contribution in [-0.2, 0) is 38.4 Å². The standard InChI is InChI=1S/C24H40N8O12/c25-17(33)1-13-5-30(10-22(39)40)15(3-19(27)35)7-32(12-24(43)44)16(4-20(28)36)8-31(11-23(41)42)14(2-18(26)34)6-29(13)9-21(37)38/h13-16H,1-12H2,(H2,25,33)(H2,26,34)(H2,27,35)(H2,28,36)(H,37,38)(H,39,40)(H,41,42)(H,43,44)/t13-,14-,15-,16-/m0/s1. The first kappa shape index (κ1) is 37.6. The van der Waals surface area contributed by atoms with Crippen molar-refractivity contribution in [3.8, 4) is 0 Å². The number of primary amides is 4. The van der Waals surface area contributed by atoms with Gasteiger partial charge in [0.15, 0.2) is 0 Å². The Kier molecular flexibility index (Phi) is 15.1. The number of rotatable bonds is 16. The number of hydrogen-bond donors (Lipinski definition) is 8. The minimum absolute atomic E-state index is 0.413. The lowest BCUT2D eigenvalue weighted by Crippen LogP contribution is -2.61. The van der Waals surface area contributed by atoms with Gasteiger partial charge >= 0.3 is 23.9 Å². The molecule has 1 saturated heterocycles. The van der Waals surface area contributed by atoms with E-state index in [1.165, 1.54) is 19.6 Å². The number of carbonyl (C=O) groups is 8. The van der Waals surface area contributed by atoms with Gasteiger partial charge in [0.05, 0.1) is 26.2 Å². The van der Waals surface area contributed by atoms with Gasteiger partial charge in [0.25, 0.3) is 0 Å². The van der Waals surface area contributed by atoms with Crippen LogP contribution in [0.3, 0.4) is 0 Å². The van der Waals surface area contributed by atoms with Crippen molar-refractivity contribution in [1.29, 1.82) is 0 Å². The van der Waals surface area contributed by atoms with E-state index >= 15 is 0 Å². The molecule has 1 aliphatic heterocycles. The quantitative estimate of drug-likeness (QED) is 0.0786. The van der Waals surface area contributed by atoms with Crippen molar-refractivity contribution < 1.29 is 58.8 Å². The number of nitrogens with zero attached hydrogens (tertiary/aromatic N) is 4. The summed E-state index contributed by atoms with van der Waals surface area (Å²) in [7, 11) is 0. The molecule has 1 aliphatic rings. The molecule has 4 atom stereocenters. The van der Waals surface area contributed by atoms with E-state index in [4.69, 9.17) is 22.9 Å². The number of aliphatic carboxylic acids is 4. The van der Waals surface area contributed by atoms with Crippen molar-refractivity contribution in [2.24, 2.45) is 22.9 Å². The predicted octanol–water partition coefficient (Wildman–Crippen LogP) is -5.48. The maximum atomic E-state index is 12.1. The van der Waals surface area contributed by atoms with Gasteiger partial charge in [-0.2, -0.15) is 0 Å². The molecule has 0 radical (unpaired) electrons. The number of carboxylic acid groups (broad SMARTS) is 4. The normalized spacial score (nSPS) is 23.1. The first-order chi connectivity index (χ1) is 20.4. The molecule has 1 fully saturated rings. The van der Waals surface area contributed by atoms with Crippen molar-refractivity contribution in [3.05, 3.63) is 0 Å². The maximum Gasteiger partial charge on any atom is 0.317 e. The van der Waals surface area contributed by atoms with E-state index < -0.39 is 150 Å². The van der Waals surface area contributed by atoms with Gasteiger partial charge in [-0.3, -0.25) is 58.0 Å². The third-order valence-corrected chi connectivity index (χ3v) is 6.95. The van der Waals surface area contributed by atoms with Crippen LogP contribution in [0.25, 0.3) is 0 Å². The monoisotopic (exact) mass is 632 g/mol. The Bertz CT molecular complexity index is 857. The van der Waals surface area contributed by atoms with Crippen molar-refractivity contribution in [2.75, 3.05) is 52.4 Å². The summed E-state index contributed by atoms with van der Waals surface area (Å²) in [5.41, 5.74) is 21.8. The van der Waals surface area contributed by atoms with Crippen LogP contribution in [0.2, 0.25) is 0 Å². The van der Waals surface area contributed by atoms with Crippen LogP contribution in [0.4, 0.5) is 0 Å². The van der Waals surface area contributed by atoms with E-state index in [2.05, 4.69) is 0 Å². The summed E-state index contributed by atoms with van der Waals surface area (Å²) >= 11 is 0. The van der Waals surface area contributed by atoms with Gasteiger partial charge in [0.1, 0.15) is 0 Å². The fourth-order valence-corrected chi connectivity index (χ4v) is 5.31. The molecule has 0 bridgehead atoms. The summed E-state index contributed by atoms with van der Waals surface area (Å²) in [6, 6.07) is -4.63. The molecule has 1 rings (SSSR count). The number of carboxylic acids is 4. The van der Waals surface area contributed by atoms with Gasteiger partial charge in [0, 0.05) is 76.0 Å². The summed E-state index contributed by atoms with van der Waals surface area (Å²) in [6.07, 6.45) is -2.12. The molecule has 12 N–H and O–H groups in total. The smallest absolute Gasteiger partial charge is 0.317 e. The summed E-state index contributed by atoms with van der Waals surface area (Å²) in [5.74, 6) is -9.24. The summed E-state index contributed by atoms with van der Waals surface area (Å²) in [6.45, 7) is -4.74. The van der Waals surface area contributed by atoms with E-state index in [0.717, 1.165) is 0 Å². The second-order valence-electron chi connectivity index (χ2n) is 10.6. The molecule has 0 unspecified atom stereocenters. The Labute approximate surface area is 251 Å². The van der Waals surface area contributed by atoms with Crippen LogP contribution in [-0.4, -0.2) is 164 Å². The molecule has 0 aromatic heterocycles. The van der Waals surface area contributed by atoms with Gasteiger partial charge in [0.2, 0.25) is 23.6 Å². The third-order valence-electron chi connectivity index (χ3n) is 6.95. The number of hydrogen-bond acceptors (Lipinski definition) is 12. The van der Waals surface area contributed by atoms with Gasteiger partial charge < -0.3 is 43.4 Å². The van der Waals surface area contributed by atoms with Crippen molar-refractivity contribution >= 4 is 47.5 Å². The van der Waals surface area contributed by atoms with Crippen molar-refractivity contribution in [1.82, 2.24) is 19.6 Å². The molecule has 20 heteroatoms. The lowest BCUT2D eigenvalue weighted by Gasteiger charge is -2.44. The molecule has 44 heavy (non-hydrogen) atoms. The molecule has 248 valence electrons. The molecule has 4 amide bonds. The van der Waals surface area contributed by atoms with Crippen LogP contribution < -0.4 is 22.9 Å². The molecular formula is C24H40N8O12. The van der Waals surface area contributed by atoms with Crippen molar-refractivity contribution in [3.63, 3.8) is 0 Å². The second kappa shape index (κ2) is 17.7. The first-order valence-corrected chi connectivity index (χ1v) is 13.3. The summed E-state index contributed by atoms with van der Waals surface area (Å²) in [4.78, 5) is 101. The molecule has 0 aliphatic carbocycles. The molecule has 1 heterocycles. The highest BCUT2D eigenvalue weighted by molar-refractivity contribution is 5.77. The lowest BCUT2D eigenvalue weighted by molar-refractivity contribution is -0.145. The molecule has 0 saturated carbocycles. The first-order valence-electron chi connectivity index (χ1n) is 13.3. The largest absolute Gasteiger partial charge is 0.480 e. The third kappa shape index (κ3) is 14.2. The topological polar surface area (TPSA) is 335 Å². The van der Waals surface area contributed by atoms with Gasteiger partial charge in [-0.1, -0.05) is 0 Å². The van der Waals surface area contributed by atoms with Gasteiger partial charge in [-0.25, -0.2) is 0 Å². The zero-order valence-electron chi connectivity index (χ0n) is 23.9. The number of carbonyl (C=O) groups excluding carboxylic acids is 4. The summed E-state index contributed by atoms with van der Waals surface area (Å²) in [5, 5.41) is 38.8. The average molecular weight is 633 g/mol. The second-order valence-corrected chi connectivity index (χ2v) is 10.6. The Balaban J connectivity index is 4.04. The Hall–Kier alpha value is -4.40. The van der Waals surface area contributed by atoms with Crippen LogP contribution in [0, 0.1) is 0 Å². The van der Waals surface area contributed by atoms with Crippen LogP contribution in [0.5, 0.6) is 0 Å². The minimum Gasteiger partial charge on any atom is -0.480 e. The fraction of sp³-hybridized carbons (Fsp3) is 0.667. The van der Waals surface area contributed by atoms with Crippen molar-refractivity contribution in [2.45, 2.75) is 49.9 Å². The minimum atomic E-state index is -1.40. The lowest BCUT2D eigenvalue weighted by atomic mass is 10.0. The molecule has 0 aromatic rings. The van der Waals surface area contributed by atoms with Gasteiger partial charge in [-0.05, 0) is 0 Å². The van der Waals surface area contributed by atoms with E-state index in [9.17, 15) is 58.8 Å². The van der Waals surface area contributed by atoms with E-state index in [0.29, 0.717) is 0 Å². The Morgan fingerprint density at radius 1 is 0.409 bits per heavy atom. The number of nitrogens with two attached hydrogens (primary N) is 4. The fourth-order valence-electron chi connectivity index (χ4n) is 5.31. The summed E-state index contributed by atoms with van der Waals surface area (Å²) < 4.78 is 0. The van der Waals surface area contributed by atoms with Gasteiger partial charge in [-0.15, -0.1) is 0 Å². The van der Waals surface area contributed by atoms with Crippen LogP contribution in [0.15, 0.2) is 0 Å². The highest BCUT2D eigenvalue weighted by atomic mass is 16.4. The SMILES string of the molecule is NC(=O)C[C@H]1CN(CC(=O)O)[C@@H](CC(N)=O)CN(CC(=O)O)[C@@H](CC(N)=O)CN(CC(=O)O)[C@@H](CC(N)=O)CN1CC(=O)O. The van der Waals surface area contributed by atoms with E-state index in [-0.39, 0.29) is 0 Å². The van der Waals surface area contributed by atoms with E-state index in [1.807, 2.05) is 0 Å². The van der Waals surface area contributed by atoms with Crippen LogP contribution >= 0.6 is 0 Å². The average Bonchev–Trinajstić information content (AvgIpc) is 2.82. The Morgan fingerprint density at radius 3 is 0.682 bits per heavy atom. The number of amides is 4. The molecule has 0 aromatic carbocycles. The Morgan fingerprint density at radius 2 is 0.568 bits per heavy atom. The highest BCUT2D eigenvalue weighted by Crippen LogP contribution is 2.21.